The van der Waals surface area contributed by atoms with Crippen LogP contribution in [0.3, 0.4) is 0 Å². The van der Waals surface area contributed by atoms with Crippen molar-refractivity contribution in [3.8, 4) is 0 Å². The molecule has 0 bridgehead atoms. The lowest BCUT2D eigenvalue weighted by atomic mass is 9.93. The quantitative estimate of drug-likeness (QED) is 0.275. The molecule has 0 saturated heterocycles. The molecule has 0 spiro atoms. The monoisotopic (exact) mass is 392 g/mol. The topological polar surface area (TPSA) is 121 Å². The van der Waals surface area contributed by atoms with Crippen molar-refractivity contribution in [1.82, 2.24) is 10.6 Å². The Kier molecular flexibility index (Phi) is 7.24. The molecule has 148 valence electrons. The highest BCUT2D eigenvalue weighted by Gasteiger charge is 2.25. The Morgan fingerprint density at radius 2 is 2.11 bits per heavy atom. The molecule has 0 aliphatic carbocycles. The molecule has 1 heterocycles. The summed E-state index contributed by atoms with van der Waals surface area (Å²) in [5.74, 6) is 0.868. The third-order valence-corrected chi connectivity index (χ3v) is 4.46. The van der Waals surface area contributed by atoms with E-state index in [-0.39, 0.29) is 11.4 Å². The number of nitrogens with two attached hydrogens (primary N) is 2. The van der Waals surface area contributed by atoms with Crippen molar-refractivity contribution < 1.29 is 5.11 Å². The first-order valence-corrected chi connectivity index (χ1v) is 9.34. The van der Waals surface area contributed by atoms with Crippen LogP contribution >= 0.6 is 11.6 Å². The van der Waals surface area contributed by atoms with Crippen LogP contribution in [0, 0.1) is 5.41 Å². The van der Waals surface area contributed by atoms with E-state index in [4.69, 9.17) is 23.1 Å². The molecule has 27 heavy (non-hydrogen) atoms. The summed E-state index contributed by atoms with van der Waals surface area (Å²) in [5.41, 5.74) is 12.9. The lowest BCUT2D eigenvalue weighted by Gasteiger charge is -2.27. The number of aliphatic hydroxyl groups is 1. The van der Waals surface area contributed by atoms with Gasteiger partial charge in [0.05, 0.1) is 0 Å². The fraction of sp³-hybridized carbons (Fsp3) is 0.474. The molecular formula is C19H29ClN6O. The molecule has 7 N–H and O–H groups in total. The van der Waals surface area contributed by atoms with E-state index < -0.39 is 6.23 Å². The molecule has 1 aliphatic rings. The first kappa shape index (κ1) is 21.2. The largest absolute Gasteiger partial charge is 0.370 e. The Morgan fingerprint density at radius 3 is 2.70 bits per heavy atom. The number of guanidine groups is 1. The van der Waals surface area contributed by atoms with Crippen LogP contribution in [0.1, 0.15) is 38.3 Å². The second kappa shape index (κ2) is 9.21. The Hall–Kier alpha value is -2.09. The molecule has 0 aromatic heterocycles. The number of amidine groups is 1. The normalized spacial score (nSPS) is 17.0. The van der Waals surface area contributed by atoms with Gasteiger partial charge in [0.15, 0.2) is 12.2 Å². The van der Waals surface area contributed by atoms with E-state index in [2.05, 4.69) is 20.6 Å². The third-order valence-electron chi connectivity index (χ3n) is 4.11. The van der Waals surface area contributed by atoms with E-state index in [1.807, 2.05) is 39.0 Å². The van der Waals surface area contributed by atoms with Crippen molar-refractivity contribution in [3.63, 3.8) is 0 Å². The lowest BCUT2D eigenvalue weighted by Crippen LogP contribution is -2.36. The molecule has 7 nitrogen and oxygen atoms in total. The van der Waals surface area contributed by atoms with E-state index in [1.54, 1.807) is 6.20 Å². The molecule has 0 radical (unpaired) electrons. The number of benzene rings is 1. The summed E-state index contributed by atoms with van der Waals surface area (Å²) in [7, 11) is 0. The van der Waals surface area contributed by atoms with Gasteiger partial charge in [-0.25, -0.2) is 4.99 Å². The number of aliphatic imine (C=N–C) groups is 2. The van der Waals surface area contributed by atoms with Gasteiger partial charge in [-0.2, -0.15) is 0 Å². The van der Waals surface area contributed by atoms with E-state index in [1.165, 1.54) is 0 Å². The molecule has 8 heteroatoms. The maximum Gasteiger partial charge on any atom is 0.185 e. The number of hydrogen-bond acceptors (Lipinski definition) is 5. The summed E-state index contributed by atoms with van der Waals surface area (Å²) in [6, 6.07) is 5.75. The Morgan fingerprint density at radius 1 is 1.37 bits per heavy atom. The molecule has 0 amide bonds. The zero-order valence-electron chi connectivity index (χ0n) is 16.1. The van der Waals surface area contributed by atoms with Crippen LogP contribution in [0.4, 0.5) is 0 Å². The molecule has 1 aliphatic heterocycles. The predicted molar refractivity (Wildman–Crippen MR) is 112 cm³/mol. The van der Waals surface area contributed by atoms with Crippen molar-refractivity contribution in [1.29, 1.82) is 0 Å². The average Bonchev–Trinajstić information content (AvgIpc) is 2.58. The number of nitrogens with one attached hydrogen (secondary N) is 2. The summed E-state index contributed by atoms with van der Waals surface area (Å²) in [5, 5.41) is 17.5. The summed E-state index contributed by atoms with van der Waals surface area (Å²) < 4.78 is 0. The van der Waals surface area contributed by atoms with Crippen molar-refractivity contribution in [2.24, 2.45) is 26.9 Å². The van der Waals surface area contributed by atoms with Crippen molar-refractivity contribution in [2.45, 2.75) is 40.0 Å². The minimum atomic E-state index is -0.906. The summed E-state index contributed by atoms with van der Waals surface area (Å²) in [4.78, 5) is 8.30. The van der Waals surface area contributed by atoms with Gasteiger partial charge in [0.2, 0.25) is 0 Å². The SMILES string of the molecule is CC(C)(C)C1=NC(O)C(c2ccc(CNCCCN=C(N)N)c(Cl)c2)=CN1. The Bertz CT molecular complexity index is 747. The number of nitrogens with zero attached hydrogens (tertiary/aromatic N) is 2. The first-order chi connectivity index (χ1) is 12.7. The maximum absolute atomic E-state index is 10.4. The second-order valence-electron chi connectivity index (χ2n) is 7.49. The van der Waals surface area contributed by atoms with Gasteiger partial charge in [-0.3, -0.25) is 4.99 Å². The average molecular weight is 393 g/mol. The van der Waals surface area contributed by atoms with Crippen molar-refractivity contribution in [3.05, 3.63) is 40.5 Å². The Balaban J connectivity index is 1.95. The summed E-state index contributed by atoms with van der Waals surface area (Å²) in [6.45, 7) is 8.15. The van der Waals surface area contributed by atoms with Crippen LogP contribution in [-0.4, -0.2) is 36.2 Å². The van der Waals surface area contributed by atoms with Crippen LogP contribution in [0.15, 0.2) is 34.4 Å². The van der Waals surface area contributed by atoms with E-state index in [0.29, 0.717) is 23.7 Å². The number of rotatable bonds is 7. The van der Waals surface area contributed by atoms with E-state index in [9.17, 15) is 5.11 Å². The smallest absolute Gasteiger partial charge is 0.185 e. The lowest BCUT2D eigenvalue weighted by molar-refractivity contribution is 0.238. The summed E-state index contributed by atoms with van der Waals surface area (Å²) in [6.07, 6.45) is 1.73. The van der Waals surface area contributed by atoms with Crippen molar-refractivity contribution in [2.75, 3.05) is 13.1 Å². The highest BCUT2D eigenvalue weighted by atomic mass is 35.5. The van der Waals surface area contributed by atoms with Gasteiger partial charge in [0.25, 0.3) is 0 Å². The van der Waals surface area contributed by atoms with Gasteiger partial charge in [-0.15, -0.1) is 0 Å². The van der Waals surface area contributed by atoms with Crippen LogP contribution in [0.2, 0.25) is 5.02 Å². The maximum atomic E-state index is 10.4. The van der Waals surface area contributed by atoms with Crippen LogP contribution in [0.5, 0.6) is 0 Å². The molecule has 1 unspecified atom stereocenters. The predicted octanol–water partition coefficient (Wildman–Crippen LogP) is 1.80. The van der Waals surface area contributed by atoms with Gasteiger partial charge < -0.3 is 27.2 Å². The van der Waals surface area contributed by atoms with E-state index in [0.717, 1.165) is 29.9 Å². The zero-order chi connectivity index (χ0) is 20.0. The van der Waals surface area contributed by atoms with Crippen LogP contribution < -0.4 is 22.1 Å². The minimum Gasteiger partial charge on any atom is -0.370 e. The van der Waals surface area contributed by atoms with Gasteiger partial charge in [0.1, 0.15) is 5.84 Å². The highest BCUT2D eigenvalue weighted by molar-refractivity contribution is 6.31. The molecule has 0 fully saturated rings. The molecule has 1 aromatic carbocycles. The second-order valence-corrected chi connectivity index (χ2v) is 7.90. The van der Waals surface area contributed by atoms with Crippen LogP contribution in [-0.2, 0) is 6.54 Å². The third kappa shape index (κ3) is 6.23. The minimum absolute atomic E-state index is 0.112. The Labute approximate surface area is 165 Å². The van der Waals surface area contributed by atoms with Gasteiger partial charge in [-0.1, -0.05) is 44.5 Å². The fourth-order valence-electron chi connectivity index (χ4n) is 2.60. The zero-order valence-corrected chi connectivity index (χ0v) is 16.8. The highest BCUT2D eigenvalue weighted by Crippen LogP contribution is 2.28. The molecule has 1 aromatic rings. The molecular weight excluding hydrogens is 364 g/mol. The number of halogens is 1. The van der Waals surface area contributed by atoms with E-state index >= 15 is 0 Å². The standard InChI is InChI=1S/C19H29ClN6O/c1-19(2,3)17-25-11-14(16(27)26-17)12-5-6-13(15(20)9-12)10-23-7-4-8-24-18(21)22/h5-6,9,11,16,23,27H,4,7-8,10H2,1-3H3,(H,25,26)(H4,21,22,24). The van der Waals surface area contributed by atoms with Gasteiger partial charge >= 0.3 is 0 Å². The van der Waals surface area contributed by atoms with Gasteiger partial charge in [0, 0.05) is 35.3 Å². The fourth-order valence-corrected chi connectivity index (χ4v) is 2.85. The molecule has 0 saturated carbocycles. The van der Waals surface area contributed by atoms with Crippen molar-refractivity contribution >= 4 is 29.0 Å². The molecule has 1 atom stereocenters. The summed E-state index contributed by atoms with van der Waals surface area (Å²) >= 11 is 6.42. The van der Waals surface area contributed by atoms with Gasteiger partial charge in [-0.05, 0) is 30.2 Å². The van der Waals surface area contributed by atoms with Crippen LogP contribution in [0.25, 0.3) is 5.57 Å². The number of hydrogen-bond donors (Lipinski definition) is 5. The first-order valence-electron chi connectivity index (χ1n) is 8.96. The number of aliphatic hydroxyl groups excluding tert-OH is 1. The molecule has 2 rings (SSSR count).